The second-order valence-electron chi connectivity index (χ2n) is 4.69. The summed E-state index contributed by atoms with van der Waals surface area (Å²) in [6.45, 7) is 4.68. The first-order valence-corrected chi connectivity index (χ1v) is 9.26. The van der Waals surface area contributed by atoms with Crippen LogP contribution < -0.4 is 10.0 Å². The summed E-state index contributed by atoms with van der Waals surface area (Å²) in [5.41, 5.74) is 1.05. The lowest BCUT2D eigenvalue weighted by molar-refractivity contribution is 0.196. The summed E-state index contributed by atoms with van der Waals surface area (Å²) in [4.78, 5) is 0.263. The van der Waals surface area contributed by atoms with Crippen LogP contribution in [0.5, 0.6) is 0 Å². The van der Waals surface area contributed by atoms with E-state index in [0.717, 1.165) is 25.1 Å². The average Bonchev–Trinajstić information content (AvgIpc) is 2.44. The van der Waals surface area contributed by atoms with Crippen LogP contribution in [0.4, 0.5) is 0 Å². The summed E-state index contributed by atoms with van der Waals surface area (Å²) in [5.74, 6) is 0. The van der Waals surface area contributed by atoms with Gasteiger partial charge in [0.2, 0.25) is 10.0 Å². The van der Waals surface area contributed by atoms with Crippen LogP contribution in [0.15, 0.2) is 27.6 Å². The number of rotatable bonds is 10. The summed E-state index contributed by atoms with van der Waals surface area (Å²) < 4.78 is 32.4. The molecule has 0 aliphatic carbocycles. The molecule has 0 aliphatic rings. The SMILES string of the molecule is CCCNCc1ccc(S(=O)(=O)NCCCOC)c(Br)c1. The molecule has 0 amide bonds. The van der Waals surface area contributed by atoms with Gasteiger partial charge >= 0.3 is 0 Å². The van der Waals surface area contributed by atoms with Gasteiger partial charge in [0.05, 0.1) is 4.90 Å². The van der Waals surface area contributed by atoms with E-state index in [9.17, 15) is 8.42 Å². The van der Waals surface area contributed by atoms with Crippen molar-refractivity contribution in [2.24, 2.45) is 0 Å². The van der Waals surface area contributed by atoms with E-state index in [1.54, 1.807) is 13.2 Å². The molecule has 0 fully saturated rings. The molecule has 2 N–H and O–H groups in total. The highest BCUT2D eigenvalue weighted by Gasteiger charge is 2.17. The van der Waals surface area contributed by atoms with Gasteiger partial charge in [0.15, 0.2) is 0 Å². The van der Waals surface area contributed by atoms with Crippen molar-refractivity contribution in [3.63, 3.8) is 0 Å². The molecule has 1 aromatic carbocycles. The zero-order valence-electron chi connectivity index (χ0n) is 12.5. The average molecular weight is 379 g/mol. The zero-order valence-corrected chi connectivity index (χ0v) is 14.9. The molecule has 1 aromatic rings. The first-order valence-electron chi connectivity index (χ1n) is 6.99. The third-order valence-corrected chi connectivity index (χ3v) is 5.30. The van der Waals surface area contributed by atoms with Crippen molar-refractivity contribution < 1.29 is 13.2 Å². The highest BCUT2D eigenvalue weighted by molar-refractivity contribution is 9.10. The second-order valence-corrected chi connectivity index (χ2v) is 7.28. The number of halogens is 1. The molecular formula is C14H23BrN2O3S. The van der Waals surface area contributed by atoms with Crippen molar-refractivity contribution in [2.45, 2.75) is 31.2 Å². The Kier molecular flexibility index (Phi) is 8.43. The van der Waals surface area contributed by atoms with Crippen LogP contribution >= 0.6 is 15.9 Å². The fourth-order valence-corrected chi connectivity index (χ4v) is 3.98. The fourth-order valence-electron chi connectivity index (χ4n) is 1.78. The molecule has 0 heterocycles. The summed E-state index contributed by atoms with van der Waals surface area (Å²) in [6.07, 6.45) is 1.71. The van der Waals surface area contributed by atoms with E-state index in [1.165, 1.54) is 0 Å². The van der Waals surface area contributed by atoms with Gasteiger partial charge in [0.1, 0.15) is 0 Å². The van der Waals surface area contributed by atoms with E-state index < -0.39 is 10.0 Å². The minimum Gasteiger partial charge on any atom is -0.385 e. The quantitative estimate of drug-likeness (QED) is 0.612. The van der Waals surface area contributed by atoms with E-state index >= 15 is 0 Å². The predicted octanol–water partition coefficient (Wildman–Crippen LogP) is 2.26. The van der Waals surface area contributed by atoms with Gasteiger partial charge in [0, 0.05) is 31.3 Å². The number of ether oxygens (including phenoxy) is 1. The van der Waals surface area contributed by atoms with Crippen LogP contribution in [0.1, 0.15) is 25.3 Å². The first kappa shape index (κ1) is 18.6. The van der Waals surface area contributed by atoms with E-state index in [-0.39, 0.29) is 4.90 Å². The number of hydrogen-bond donors (Lipinski definition) is 2. The zero-order chi connectivity index (χ0) is 15.7. The molecule has 5 nitrogen and oxygen atoms in total. The van der Waals surface area contributed by atoms with Crippen molar-refractivity contribution in [1.29, 1.82) is 0 Å². The maximum Gasteiger partial charge on any atom is 0.241 e. The van der Waals surface area contributed by atoms with Gasteiger partial charge < -0.3 is 10.1 Å². The fraction of sp³-hybridized carbons (Fsp3) is 0.571. The topological polar surface area (TPSA) is 67.4 Å². The van der Waals surface area contributed by atoms with Crippen molar-refractivity contribution >= 4 is 26.0 Å². The van der Waals surface area contributed by atoms with Crippen LogP contribution in [0.2, 0.25) is 0 Å². The van der Waals surface area contributed by atoms with Gasteiger partial charge in [-0.05, 0) is 53.0 Å². The van der Waals surface area contributed by atoms with Crippen LogP contribution in [-0.2, 0) is 21.3 Å². The third-order valence-electron chi connectivity index (χ3n) is 2.86. The molecule has 0 radical (unpaired) electrons. The highest BCUT2D eigenvalue weighted by Crippen LogP contribution is 2.23. The predicted molar refractivity (Wildman–Crippen MR) is 87.8 cm³/mol. The third kappa shape index (κ3) is 6.44. The molecule has 0 spiro atoms. The highest BCUT2D eigenvalue weighted by atomic mass is 79.9. The van der Waals surface area contributed by atoms with Gasteiger partial charge in [-0.15, -0.1) is 0 Å². The summed E-state index contributed by atoms with van der Waals surface area (Å²) >= 11 is 3.34. The Hall–Kier alpha value is -0.470. The number of sulfonamides is 1. The second kappa shape index (κ2) is 9.53. The molecule has 0 unspecified atom stereocenters. The van der Waals surface area contributed by atoms with Crippen molar-refractivity contribution in [3.8, 4) is 0 Å². The van der Waals surface area contributed by atoms with E-state index in [0.29, 0.717) is 24.0 Å². The van der Waals surface area contributed by atoms with Gasteiger partial charge in [-0.3, -0.25) is 0 Å². The maximum absolute atomic E-state index is 12.2. The normalized spacial score (nSPS) is 11.8. The number of methoxy groups -OCH3 is 1. The molecule has 0 saturated carbocycles. The lowest BCUT2D eigenvalue weighted by Gasteiger charge is -2.10. The lowest BCUT2D eigenvalue weighted by Crippen LogP contribution is -2.26. The number of nitrogens with one attached hydrogen (secondary N) is 2. The molecule has 0 saturated heterocycles. The lowest BCUT2D eigenvalue weighted by atomic mass is 10.2. The van der Waals surface area contributed by atoms with E-state index in [2.05, 4.69) is 32.9 Å². The Balaban J connectivity index is 2.69. The Labute approximate surface area is 135 Å². The summed E-state index contributed by atoms with van der Waals surface area (Å²) in [7, 11) is -1.89. The molecule has 0 atom stereocenters. The van der Waals surface area contributed by atoms with Crippen molar-refractivity contribution in [2.75, 3.05) is 26.8 Å². The van der Waals surface area contributed by atoms with E-state index in [4.69, 9.17) is 4.74 Å². The molecule has 0 aliphatic heterocycles. The molecule has 7 heteroatoms. The van der Waals surface area contributed by atoms with Crippen LogP contribution in [-0.4, -0.2) is 35.2 Å². The minimum absolute atomic E-state index is 0.263. The minimum atomic E-state index is -3.49. The van der Waals surface area contributed by atoms with Crippen LogP contribution in [0.3, 0.4) is 0 Å². The van der Waals surface area contributed by atoms with Crippen molar-refractivity contribution in [1.82, 2.24) is 10.0 Å². The largest absolute Gasteiger partial charge is 0.385 e. The molecule has 0 aromatic heterocycles. The van der Waals surface area contributed by atoms with E-state index in [1.807, 2.05) is 12.1 Å². The number of benzene rings is 1. The Morgan fingerprint density at radius 3 is 2.67 bits per heavy atom. The Morgan fingerprint density at radius 1 is 1.29 bits per heavy atom. The Bertz CT molecular complexity index is 535. The smallest absolute Gasteiger partial charge is 0.241 e. The Morgan fingerprint density at radius 2 is 2.05 bits per heavy atom. The molecule has 21 heavy (non-hydrogen) atoms. The summed E-state index contributed by atoms with van der Waals surface area (Å²) in [5, 5.41) is 3.29. The van der Waals surface area contributed by atoms with Crippen LogP contribution in [0.25, 0.3) is 0 Å². The van der Waals surface area contributed by atoms with Gasteiger partial charge in [-0.25, -0.2) is 13.1 Å². The number of hydrogen-bond acceptors (Lipinski definition) is 4. The van der Waals surface area contributed by atoms with Gasteiger partial charge in [0.25, 0.3) is 0 Å². The van der Waals surface area contributed by atoms with Crippen LogP contribution in [0, 0.1) is 0 Å². The standard InChI is InChI=1S/C14H23BrN2O3S/c1-3-7-16-11-12-5-6-14(13(15)10-12)21(18,19)17-8-4-9-20-2/h5-6,10,16-17H,3-4,7-9,11H2,1-2H3. The summed E-state index contributed by atoms with van der Waals surface area (Å²) in [6, 6.07) is 5.30. The van der Waals surface area contributed by atoms with Gasteiger partial charge in [-0.1, -0.05) is 13.0 Å². The van der Waals surface area contributed by atoms with Gasteiger partial charge in [-0.2, -0.15) is 0 Å². The molecule has 0 bridgehead atoms. The molecule has 1 rings (SSSR count). The van der Waals surface area contributed by atoms with Crippen molar-refractivity contribution in [3.05, 3.63) is 28.2 Å². The molecule has 120 valence electrons. The molecular weight excluding hydrogens is 356 g/mol. The monoisotopic (exact) mass is 378 g/mol. The first-order chi connectivity index (χ1) is 10.0. The maximum atomic E-state index is 12.2.